The van der Waals surface area contributed by atoms with E-state index in [1.54, 1.807) is 6.07 Å². The van der Waals surface area contributed by atoms with Crippen LogP contribution >= 0.6 is 0 Å². The zero-order chi connectivity index (χ0) is 13.5. The minimum absolute atomic E-state index is 0.000786. The molecule has 0 fully saturated rings. The molecular formula is C12H19N3O3. The SMILES string of the molecule is COC(=O)c1nccc(NCC(O)CC(C)C)n1. The van der Waals surface area contributed by atoms with E-state index < -0.39 is 12.1 Å². The van der Waals surface area contributed by atoms with Crippen LogP contribution in [0.5, 0.6) is 0 Å². The number of carbonyl (C=O) groups excluding carboxylic acids is 1. The van der Waals surface area contributed by atoms with Gasteiger partial charge in [-0.1, -0.05) is 13.8 Å². The second-order valence-corrected chi connectivity index (χ2v) is 4.42. The van der Waals surface area contributed by atoms with Crippen LogP contribution in [0.3, 0.4) is 0 Å². The highest BCUT2D eigenvalue weighted by atomic mass is 16.5. The largest absolute Gasteiger partial charge is 0.463 e. The van der Waals surface area contributed by atoms with Gasteiger partial charge in [-0.3, -0.25) is 0 Å². The summed E-state index contributed by atoms with van der Waals surface area (Å²) in [7, 11) is 1.28. The van der Waals surface area contributed by atoms with Crippen molar-refractivity contribution in [1.82, 2.24) is 9.97 Å². The molecule has 0 saturated carbocycles. The molecule has 1 aromatic rings. The van der Waals surface area contributed by atoms with E-state index in [0.29, 0.717) is 24.7 Å². The Morgan fingerprint density at radius 3 is 2.89 bits per heavy atom. The van der Waals surface area contributed by atoms with E-state index in [-0.39, 0.29) is 5.82 Å². The summed E-state index contributed by atoms with van der Waals surface area (Å²) in [6.07, 6.45) is 1.74. The number of aliphatic hydroxyl groups excluding tert-OH is 1. The van der Waals surface area contributed by atoms with Crippen molar-refractivity contribution in [3.05, 3.63) is 18.1 Å². The fourth-order valence-corrected chi connectivity index (χ4v) is 1.50. The van der Waals surface area contributed by atoms with Gasteiger partial charge in [0, 0.05) is 12.7 Å². The van der Waals surface area contributed by atoms with E-state index in [2.05, 4.69) is 20.0 Å². The zero-order valence-electron chi connectivity index (χ0n) is 10.9. The average Bonchev–Trinajstić information content (AvgIpc) is 2.35. The highest BCUT2D eigenvalue weighted by Crippen LogP contribution is 2.07. The standard InChI is InChI=1S/C12H19N3O3/c1-8(2)6-9(16)7-14-10-4-5-13-11(15-10)12(17)18-3/h4-5,8-9,16H,6-7H2,1-3H3,(H,13,14,15). The Bertz CT molecular complexity index is 396. The molecule has 1 unspecified atom stereocenters. The van der Waals surface area contributed by atoms with Crippen molar-refractivity contribution in [1.29, 1.82) is 0 Å². The lowest BCUT2D eigenvalue weighted by molar-refractivity contribution is 0.0587. The van der Waals surface area contributed by atoms with Gasteiger partial charge in [0.25, 0.3) is 0 Å². The number of methoxy groups -OCH3 is 1. The van der Waals surface area contributed by atoms with Gasteiger partial charge < -0.3 is 15.2 Å². The topological polar surface area (TPSA) is 84.3 Å². The minimum atomic E-state index is -0.582. The van der Waals surface area contributed by atoms with Crippen molar-refractivity contribution in [2.24, 2.45) is 5.92 Å². The van der Waals surface area contributed by atoms with Gasteiger partial charge in [-0.2, -0.15) is 0 Å². The van der Waals surface area contributed by atoms with E-state index >= 15 is 0 Å². The Kier molecular flexibility index (Phi) is 5.51. The van der Waals surface area contributed by atoms with Crippen LogP contribution in [0.2, 0.25) is 0 Å². The first-order chi connectivity index (χ1) is 8.52. The predicted molar refractivity (Wildman–Crippen MR) is 67.3 cm³/mol. The lowest BCUT2D eigenvalue weighted by atomic mass is 10.1. The molecule has 0 aromatic carbocycles. The third-order valence-corrected chi connectivity index (χ3v) is 2.29. The summed E-state index contributed by atoms with van der Waals surface area (Å²) in [6.45, 7) is 4.47. The Labute approximate surface area is 106 Å². The Morgan fingerprint density at radius 2 is 2.28 bits per heavy atom. The van der Waals surface area contributed by atoms with Crippen LogP contribution in [0, 0.1) is 5.92 Å². The van der Waals surface area contributed by atoms with Crippen LogP contribution in [0.15, 0.2) is 12.3 Å². The minimum Gasteiger partial charge on any atom is -0.463 e. The molecule has 0 aliphatic heterocycles. The van der Waals surface area contributed by atoms with Crippen molar-refractivity contribution >= 4 is 11.8 Å². The number of aliphatic hydroxyl groups is 1. The van der Waals surface area contributed by atoms with Crippen molar-refractivity contribution < 1.29 is 14.6 Å². The molecule has 1 atom stereocenters. The fourth-order valence-electron chi connectivity index (χ4n) is 1.50. The molecule has 0 bridgehead atoms. The number of anilines is 1. The molecule has 0 aliphatic rings. The van der Waals surface area contributed by atoms with Crippen LogP contribution < -0.4 is 5.32 Å². The zero-order valence-corrected chi connectivity index (χ0v) is 10.9. The van der Waals surface area contributed by atoms with Gasteiger partial charge in [0.1, 0.15) is 5.82 Å². The first-order valence-electron chi connectivity index (χ1n) is 5.86. The summed E-state index contributed by atoms with van der Waals surface area (Å²) >= 11 is 0. The number of hydrogen-bond acceptors (Lipinski definition) is 6. The fraction of sp³-hybridized carbons (Fsp3) is 0.583. The van der Waals surface area contributed by atoms with Crippen molar-refractivity contribution in [2.75, 3.05) is 19.0 Å². The molecule has 0 saturated heterocycles. The lowest BCUT2D eigenvalue weighted by Crippen LogP contribution is -2.22. The number of carbonyl (C=O) groups is 1. The number of rotatable bonds is 6. The molecule has 6 heteroatoms. The highest BCUT2D eigenvalue weighted by molar-refractivity contribution is 5.85. The molecule has 0 aliphatic carbocycles. The summed E-state index contributed by atoms with van der Waals surface area (Å²) in [4.78, 5) is 19.0. The van der Waals surface area contributed by atoms with Gasteiger partial charge in [-0.05, 0) is 18.4 Å². The van der Waals surface area contributed by atoms with Crippen LogP contribution in [0.1, 0.15) is 30.9 Å². The molecule has 1 rings (SSSR count). The number of aromatic nitrogens is 2. The predicted octanol–water partition coefficient (Wildman–Crippen LogP) is 1.08. The van der Waals surface area contributed by atoms with Gasteiger partial charge in [-0.15, -0.1) is 0 Å². The van der Waals surface area contributed by atoms with E-state index in [0.717, 1.165) is 0 Å². The van der Waals surface area contributed by atoms with E-state index in [9.17, 15) is 9.90 Å². The number of esters is 1. The van der Waals surface area contributed by atoms with E-state index in [1.165, 1.54) is 13.3 Å². The number of nitrogens with zero attached hydrogens (tertiary/aromatic N) is 2. The maximum Gasteiger partial charge on any atom is 0.376 e. The molecular weight excluding hydrogens is 234 g/mol. The molecule has 1 heterocycles. The summed E-state index contributed by atoms with van der Waals surface area (Å²) in [5.41, 5.74) is 0. The lowest BCUT2D eigenvalue weighted by Gasteiger charge is -2.14. The van der Waals surface area contributed by atoms with Gasteiger partial charge in [0.15, 0.2) is 0 Å². The first kappa shape index (κ1) is 14.4. The smallest absolute Gasteiger partial charge is 0.376 e. The molecule has 0 radical (unpaired) electrons. The molecule has 1 aromatic heterocycles. The maximum absolute atomic E-state index is 11.2. The van der Waals surface area contributed by atoms with Gasteiger partial charge in [0.05, 0.1) is 13.2 Å². The highest BCUT2D eigenvalue weighted by Gasteiger charge is 2.11. The van der Waals surface area contributed by atoms with Crippen molar-refractivity contribution in [2.45, 2.75) is 26.4 Å². The summed E-state index contributed by atoms with van der Waals surface area (Å²) in [5, 5.41) is 12.7. The van der Waals surface area contributed by atoms with Gasteiger partial charge >= 0.3 is 5.97 Å². The third kappa shape index (κ3) is 4.67. The Morgan fingerprint density at radius 1 is 1.56 bits per heavy atom. The molecule has 0 amide bonds. The summed E-state index contributed by atoms with van der Waals surface area (Å²) in [5.74, 6) is 0.341. The van der Waals surface area contributed by atoms with Crippen LogP contribution in [0.25, 0.3) is 0 Å². The molecule has 6 nitrogen and oxygen atoms in total. The van der Waals surface area contributed by atoms with Crippen LogP contribution in [-0.4, -0.2) is 40.8 Å². The molecule has 100 valence electrons. The molecule has 2 N–H and O–H groups in total. The third-order valence-electron chi connectivity index (χ3n) is 2.29. The average molecular weight is 253 g/mol. The Balaban J connectivity index is 2.55. The van der Waals surface area contributed by atoms with Crippen LogP contribution in [-0.2, 0) is 4.74 Å². The van der Waals surface area contributed by atoms with E-state index in [4.69, 9.17) is 0 Å². The van der Waals surface area contributed by atoms with Gasteiger partial charge in [-0.25, -0.2) is 14.8 Å². The maximum atomic E-state index is 11.2. The number of hydrogen-bond donors (Lipinski definition) is 2. The van der Waals surface area contributed by atoms with Crippen molar-refractivity contribution in [3.63, 3.8) is 0 Å². The quantitative estimate of drug-likeness (QED) is 0.738. The Hall–Kier alpha value is -1.69. The molecule has 0 spiro atoms. The van der Waals surface area contributed by atoms with E-state index in [1.807, 2.05) is 13.8 Å². The summed E-state index contributed by atoms with van der Waals surface area (Å²) < 4.78 is 4.53. The number of nitrogens with one attached hydrogen (secondary N) is 1. The summed E-state index contributed by atoms with van der Waals surface area (Å²) in [6, 6.07) is 1.63. The van der Waals surface area contributed by atoms with Crippen molar-refractivity contribution in [3.8, 4) is 0 Å². The monoisotopic (exact) mass is 253 g/mol. The molecule has 18 heavy (non-hydrogen) atoms. The number of ether oxygens (including phenoxy) is 1. The van der Waals surface area contributed by atoms with Crippen LogP contribution in [0.4, 0.5) is 5.82 Å². The second kappa shape index (κ2) is 6.90. The second-order valence-electron chi connectivity index (χ2n) is 4.42. The van der Waals surface area contributed by atoms with Gasteiger partial charge in [0.2, 0.25) is 5.82 Å². The first-order valence-corrected chi connectivity index (χ1v) is 5.86. The normalized spacial score (nSPS) is 12.3.